The Morgan fingerprint density at radius 3 is 2.17 bits per heavy atom. The minimum absolute atomic E-state index is 0.0289. The molecule has 7 heteroatoms. The van der Waals surface area contributed by atoms with Crippen LogP contribution in [0.2, 0.25) is 0 Å². The van der Waals surface area contributed by atoms with Crippen molar-refractivity contribution in [2.45, 2.75) is 25.4 Å². The minimum Gasteiger partial charge on any atom is -0.497 e. The number of nitrogens with zero attached hydrogens (tertiary/aromatic N) is 2. The van der Waals surface area contributed by atoms with Crippen LogP contribution in [0.1, 0.15) is 28.8 Å². The molecule has 1 aliphatic heterocycles. The van der Waals surface area contributed by atoms with Gasteiger partial charge in [0.25, 0.3) is 5.91 Å². The van der Waals surface area contributed by atoms with Gasteiger partial charge in [0.05, 0.1) is 28.4 Å². The molecule has 7 nitrogen and oxygen atoms in total. The lowest BCUT2D eigenvalue weighted by Crippen LogP contribution is -2.47. The van der Waals surface area contributed by atoms with E-state index in [0.29, 0.717) is 5.56 Å². The van der Waals surface area contributed by atoms with Crippen LogP contribution in [0, 0.1) is 0 Å². The van der Waals surface area contributed by atoms with Crippen LogP contribution >= 0.6 is 0 Å². The van der Waals surface area contributed by atoms with E-state index in [2.05, 4.69) is 11.0 Å². The van der Waals surface area contributed by atoms with Gasteiger partial charge in [-0.1, -0.05) is 18.2 Å². The smallest absolute Gasteiger partial charge is 0.258 e. The number of benzene rings is 3. The van der Waals surface area contributed by atoms with Crippen molar-refractivity contribution >= 4 is 11.6 Å². The number of para-hydroxylation sites is 1. The fourth-order valence-electron chi connectivity index (χ4n) is 4.78. The molecule has 0 unspecified atom stereocenters. The van der Waals surface area contributed by atoms with Crippen molar-refractivity contribution < 1.29 is 23.7 Å². The summed E-state index contributed by atoms with van der Waals surface area (Å²) in [6, 6.07) is 21.0. The molecule has 0 saturated carbocycles. The lowest BCUT2D eigenvalue weighted by atomic mass is 10.00. The van der Waals surface area contributed by atoms with Gasteiger partial charge in [-0.3, -0.25) is 9.69 Å². The summed E-state index contributed by atoms with van der Waals surface area (Å²) in [4.78, 5) is 18.1. The average molecular weight is 491 g/mol. The fourth-order valence-corrected chi connectivity index (χ4v) is 4.78. The van der Waals surface area contributed by atoms with Crippen molar-refractivity contribution in [3.63, 3.8) is 0 Å². The second-order valence-electron chi connectivity index (χ2n) is 8.77. The molecule has 0 radical (unpaired) electrons. The number of carbonyl (C=O) groups excluding carboxylic acids is 1. The van der Waals surface area contributed by atoms with Gasteiger partial charge in [-0.05, 0) is 55.3 Å². The summed E-state index contributed by atoms with van der Waals surface area (Å²) in [5.74, 6) is 2.93. The van der Waals surface area contributed by atoms with E-state index in [9.17, 15) is 4.79 Å². The lowest BCUT2D eigenvalue weighted by Gasteiger charge is -2.39. The van der Waals surface area contributed by atoms with Crippen LogP contribution in [0.4, 0.5) is 5.69 Å². The number of hydrogen-bond acceptors (Lipinski definition) is 6. The highest BCUT2D eigenvalue weighted by Gasteiger charge is 2.30. The highest BCUT2D eigenvalue weighted by Crippen LogP contribution is 2.33. The van der Waals surface area contributed by atoms with Crippen LogP contribution in [0.3, 0.4) is 0 Å². The molecule has 0 N–H and O–H groups in total. The van der Waals surface area contributed by atoms with Gasteiger partial charge in [-0.2, -0.15) is 0 Å². The molecule has 1 saturated heterocycles. The van der Waals surface area contributed by atoms with Crippen molar-refractivity contribution in [3.05, 3.63) is 77.9 Å². The summed E-state index contributed by atoms with van der Waals surface area (Å²) in [5.41, 5.74) is 2.56. The Bertz CT molecular complexity index is 1160. The molecular weight excluding hydrogens is 456 g/mol. The Morgan fingerprint density at radius 1 is 0.833 bits per heavy atom. The Labute approximate surface area is 213 Å². The first-order chi connectivity index (χ1) is 17.6. The molecular formula is C29H34N2O5. The number of methoxy groups -OCH3 is 4. The Kier molecular flexibility index (Phi) is 8.33. The highest BCUT2D eigenvalue weighted by molar-refractivity contribution is 6.06. The largest absolute Gasteiger partial charge is 0.497 e. The van der Waals surface area contributed by atoms with Gasteiger partial charge in [-0.25, -0.2) is 0 Å². The summed E-state index contributed by atoms with van der Waals surface area (Å²) in [5, 5.41) is 0. The van der Waals surface area contributed by atoms with Crippen LogP contribution in [0.25, 0.3) is 0 Å². The van der Waals surface area contributed by atoms with E-state index in [1.165, 1.54) is 0 Å². The Morgan fingerprint density at radius 2 is 1.53 bits per heavy atom. The third-order valence-corrected chi connectivity index (χ3v) is 6.69. The molecule has 1 aliphatic rings. The summed E-state index contributed by atoms with van der Waals surface area (Å²) >= 11 is 0. The number of anilines is 1. The van der Waals surface area contributed by atoms with E-state index < -0.39 is 0 Å². The molecule has 1 fully saturated rings. The lowest BCUT2D eigenvalue weighted by molar-refractivity contribution is 0.0958. The molecule has 0 aliphatic carbocycles. The summed E-state index contributed by atoms with van der Waals surface area (Å²) in [6.07, 6.45) is 1.71. The van der Waals surface area contributed by atoms with Crippen molar-refractivity contribution in [2.24, 2.45) is 0 Å². The molecule has 3 aromatic rings. The minimum atomic E-state index is -0.0289. The third-order valence-electron chi connectivity index (χ3n) is 6.69. The first-order valence-electron chi connectivity index (χ1n) is 12.1. The van der Waals surface area contributed by atoms with E-state index in [1.807, 2.05) is 65.6 Å². The van der Waals surface area contributed by atoms with Gasteiger partial charge in [0.15, 0.2) is 11.5 Å². The maximum absolute atomic E-state index is 13.8. The van der Waals surface area contributed by atoms with E-state index in [-0.39, 0.29) is 11.9 Å². The van der Waals surface area contributed by atoms with Crippen molar-refractivity contribution in [2.75, 3.05) is 46.4 Å². The first kappa shape index (κ1) is 25.4. The molecule has 190 valence electrons. The van der Waals surface area contributed by atoms with Crippen molar-refractivity contribution in [3.8, 4) is 23.0 Å². The normalized spacial score (nSPS) is 14.2. The zero-order chi connectivity index (χ0) is 25.5. The average Bonchev–Trinajstić information content (AvgIpc) is 2.94. The first-order valence-corrected chi connectivity index (χ1v) is 12.1. The number of carbonyl (C=O) groups is 1. The SMILES string of the molecule is COc1ccc(C(=O)N(c2cccc(OC)c2)C2CCN(Cc3cccc(OC)c3OC)CC2)cc1. The number of ether oxygens (including phenoxy) is 4. The van der Waals surface area contributed by atoms with E-state index in [1.54, 1.807) is 28.4 Å². The number of likely N-dealkylation sites (tertiary alicyclic amines) is 1. The van der Waals surface area contributed by atoms with Gasteiger partial charge < -0.3 is 23.8 Å². The predicted octanol–water partition coefficient (Wildman–Crippen LogP) is 5.03. The van der Waals surface area contributed by atoms with Gasteiger partial charge in [0, 0.05) is 48.6 Å². The maximum Gasteiger partial charge on any atom is 0.258 e. The quantitative estimate of drug-likeness (QED) is 0.419. The van der Waals surface area contributed by atoms with Crippen LogP contribution in [-0.2, 0) is 6.54 Å². The molecule has 0 aromatic heterocycles. The molecule has 3 aromatic carbocycles. The topological polar surface area (TPSA) is 60.5 Å². The summed E-state index contributed by atoms with van der Waals surface area (Å²) < 4.78 is 21.8. The fraction of sp³-hybridized carbons (Fsp3) is 0.345. The second kappa shape index (κ2) is 11.8. The predicted molar refractivity (Wildman–Crippen MR) is 141 cm³/mol. The van der Waals surface area contributed by atoms with E-state index >= 15 is 0 Å². The van der Waals surface area contributed by atoms with E-state index in [4.69, 9.17) is 18.9 Å². The zero-order valence-electron chi connectivity index (χ0n) is 21.4. The van der Waals surface area contributed by atoms with Crippen LogP contribution in [-0.4, -0.2) is 58.4 Å². The number of amides is 1. The molecule has 1 heterocycles. The summed E-state index contributed by atoms with van der Waals surface area (Å²) in [7, 11) is 6.58. The number of rotatable bonds is 9. The Balaban J connectivity index is 1.54. The third kappa shape index (κ3) is 5.57. The van der Waals surface area contributed by atoms with Crippen LogP contribution < -0.4 is 23.8 Å². The molecule has 1 amide bonds. The number of piperidine rings is 1. The monoisotopic (exact) mass is 490 g/mol. The van der Waals surface area contributed by atoms with Crippen molar-refractivity contribution in [1.29, 1.82) is 0 Å². The summed E-state index contributed by atoms with van der Waals surface area (Å²) in [6.45, 7) is 2.49. The van der Waals surface area contributed by atoms with Crippen molar-refractivity contribution in [1.82, 2.24) is 4.90 Å². The molecule has 4 rings (SSSR count). The maximum atomic E-state index is 13.8. The van der Waals surface area contributed by atoms with Gasteiger partial charge in [-0.15, -0.1) is 0 Å². The molecule has 0 bridgehead atoms. The van der Waals surface area contributed by atoms with E-state index in [0.717, 1.165) is 66.7 Å². The van der Waals surface area contributed by atoms with Crippen LogP contribution in [0.5, 0.6) is 23.0 Å². The van der Waals surface area contributed by atoms with Gasteiger partial charge in [0.2, 0.25) is 0 Å². The molecule has 0 atom stereocenters. The highest BCUT2D eigenvalue weighted by atomic mass is 16.5. The molecule has 0 spiro atoms. The number of hydrogen-bond donors (Lipinski definition) is 0. The van der Waals surface area contributed by atoms with Crippen LogP contribution in [0.15, 0.2) is 66.7 Å². The standard InChI is InChI=1S/C29H34N2O5/c1-33-25-13-11-21(12-14-25)29(32)31(24-8-6-9-26(19-24)34-2)23-15-17-30(18-16-23)20-22-7-5-10-27(35-3)28(22)36-4/h5-14,19,23H,15-18,20H2,1-4H3. The van der Waals surface area contributed by atoms with Gasteiger partial charge >= 0.3 is 0 Å². The molecule has 36 heavy (non-hydrogen) atoms. The second-order valence-corrected chi connectivity index (χ2v) is 8.77. The Hall–Kier alpha value is -3.71. The zero-order valence-corrected chi connectivity index (χ0v) is 21.4. The van der Waals surface area contributed by atoms with Gasteiger partial charge in [0.1, 0.15) is 11.5 Å².